The van der Waals surface area contributed by atoms with Gasteiger partial charge in [-0.3, -0.25) is 4.68 Å². The average Bonchev–Trinajstić information content (AvgIpc) is 2.92. The zero-order valence-corrected chi connectivity index (χ0v) is 13.3. The summed E-state index contributed by atoms with van der Waals surface area (Å²) < 4.78 is 27.3. The second-order valence-electron chi connectivity index (χ2n) is 4.81. The van der Waals surface area contributed by atoms with Crippen LogP contribution in [-0.4, -0.2) is 36.6 Å². The number of nitrogens with one attached hydrogen (secondary N) is 1. The van der Waals surface area contributed by atoms with Crippen LogP contribution < -0.4 is 5.32 Å². The van der Waals surface area contributed by atoms with Gasteiger partial charge in [0.2, 0.25) is 10.0 Å². The standard InChI is InChI=1S/C14H20N4O2S/c1-4-18-13(8-9-16-18)11-15-12-6-5-7-14(10-12)21(19,20)17(2)3/h5-10,15H,4,11H2,1-3H3. The van der Waals surface area contributed by atoms with Crippen molar-refractivity contribution >= 4 is 15.7 Å². The molecule has 2 rings (SSSR count). The molecule has 0 unspecified atom stereocenters. The smallest absolute Gasteiger partial charge is 0.242 e. The first-order valence-electron chi connectivity index (χ1n) is 6.72. The van der Waals surface area contributed by atoms with E-state index in [2.05, 4.69) is 10.4 Å². The van der Waals surface area contributed by atoms with Crippen molar-refractivity contribution in [2.75, 3.05) is 19.4 Å². The van der Waals surface area contributed by atoms with E-state index in [-0.39, 0.29) is 4.90 Å². The van der Waals surface area contributed by atoms with Crippen molar-refractivity contribution in [1.82, 2.24) is 14.1 Å². The molecule has 1 heterocycles. The molecule has 114 valence electrons. The molecule has 2 aromatic rings. The lowest BCUT2D eigenvalue weighted by molar-refractivity contribution is 0.521. The third kappa shape index (κ3) is 3.43. The summed E-state index contributed by atoms with van der Waals surface area (Å²) >= 11 is 0. The van der Waals surface area contributed by atoms with Crippen molar-refractivity contribution in [3.63, 3.8) is 0 Å². The Morgan fingerprint density at radius 3 is 2.71 bits per heavy atom. The normalized spacial score (nSPS) is 11.8. The maximum Gasteiger partial charge on any atom is 0.242 e. The van der Waals surface area contributed by atoms with E-state index in [1.807, 2.05) is 23.7 Å². The molecule has 0 aliphatic rings. The molecular weight excluding hydrogens is 288 g/mol. The van der Waals surface area contributed by atoms with E-state index >= 15 is 0 Å². The quantitative estimate of drug-likeness (QED) is 0.883. The molecule has 0 aliphatic carbocycles. The van der Waals surface area contributed by atoms with E-state index in [0.717, 1.165) is 17.9 Å². The molecule has 1 aromatic heterocycles. The third-order valence-corrected chi connectivity index (χ3v) is 5.00. The molecule has 1 N–H and O–H groups in total. The molecule has 0 atom stereocenters. The molecule has 0 radical (unpaired) electrons. The van der Waals surface area contributed by atoms with E-state index in [4.69, 9.17) is 0 Å². The van der Waals surface area contributed by atoms with Crippen molar-refractivity contribution in [3.8, 4) is 0 Å². The van der Waals surface area contributed by atoms with Crippen LogP contribution in [0.3, 0.4) is 0 Å². The van der Waals surface area contributed by atoms with Crippen molar-refractivity contribution in [2.45, 2.75) is 24.9 Å². The van der Waals surface area contributed by atoms with Gasteiger partial charge >= 0.3 is 0 Å². The number of anilines is 1. The summed E-state index contributed by atoms with van der Waals surface area (Å²) in [4.78, 5) is 0.279. The summed E-state index contributed by atoms with van der Waals surface area (Å²) in [6.45, 7) is 3.43. The first-order valence-corrected chi connectivity index (χ1v) is 8.16. The van der Waals surface area contributed by atoms with Crippen LogP contribution in [0.25, 0.3) is 0 Å². The largest absolute Gasteiger partial charge is 0.379 e. The molecule has 7 heteroatoms. The lowest BCUT2D eigenvalue weighted by atomic mass is 10.3. The molecule has 0 bridgehead atoms. The average molecular weight is 308 g/mol. The van der Waals surface area contributed by atoms with Crippen LogP contribution in [-0.2, 0) is 23.1 Å². The topological polar surface area (TPSA) is 67.2 Å². The number of nitrogens with zero attached hydrogens (tertiary/aromatic N) is 3. The number of hydrogen-bond acceptors (Lipinski definition) is 4. The third-order valence-electron chi connectivity index (χ3n) is 3.19. The van der Waals surface area contributed by atoms with Gasteiger partial charge in [0.15, 0.2) is 0 Å². The van der Waals surface area contributed by atoms with E-state index in [9.17, 15) is 8.42 Å². The highest BCUT2D eigenvalue weighted by atomic mass is 32.2. The van der Waals surface area contributed by atoms with E-state index in [1.165, 1.54) is 18.4 Å². The molecule has 0 spiro atoms. The van der Waals surface area contributed by atoms with Crippen molar-refractivity contribution in [1.29, 1.82) is 0 Å². The van der Waals surface area contributed by atoms with Crippen LogP contribution in [0.2, 0.25) is 0 Å². The van der Waals surface area contributed by atoms with E-state index < -0.39 is 10.0 Å². The Labute approximate surface area is 125 Å². The molecule has 0 amide bonds. The SMILES string of the molecule is CCn1nccc1CNc1cccc(S(=O)(=O)N(C)C)c1. The fourth-order valence-electron chi connectivity index (χ4n) is 1.96. The number of benzene rings is 1. The molecule has 0 aliphatic heterocycles. The summed E-state index contributed by atoms with van der Waals surface area (Å²) in [5.74, 6) is 0. The van der Waals surface area contributed by atoms with Gasteiger partial charge < -0.3 is 5.32 Å². The first kappa shape index (κ1) is 15.5. The van der Waals surface area contributed by atoms with Gasteiger partial charge in [-0.05, 0) is 31.2 Å². The molecule has 0 fully saturated rings. The van der Waals surface area contributed by atoms with Crippen molar-refractivity contribution < 1.29 is 8.42 Å². The Balaban J connectivity index is 2.16. The molecular formula is C14H20N4O2S. The van der Waals surface area contributed by atoms with Crippen LogP contribution in [0.4, 0.5) is 5.69 Å². The Kier molecular flexibility index (Phi) is 4.64. The lowest BCUT2D eigenvalue weighted by Crippen LogP contribution is -2.22. The summed E-state index contributed by atoms with van der Waals surface area (Å²) in [5, 5.41) is 7.43. The Bertz CT molecular complexity index is 707. The second-order valence-corrected chi connectivity index (χ2v) is 6.96. The molecule has 21 heavy (non-hydrogen) atoms. The van der Waals surface area contributed by atoms with Crippen LogP contribution in [0.1, 0.15) is 12.6 Å². The fourth-order valence-corrected chi connectivity index (χ4v) is 2.91. The number of rotatable bonds is 6. The number of aryl methyl sites for hydroxylation is 1. The first-order chi connectivity index (χ1) is 9.95. The monoisotopic (exact) mass is 308 g/mol. The fraction of sp³-hybridized carbons (Fsp3) is 0.357. The highest BCUT2D eigenvalue weighted by Gasteiger charge is 2.17. The zero-order valence-electron chi connectivity index (χ0n) is 12.4. The summed E-state index contributed by atoms with van der Waals surface area (Å²) in [6, 6.07) is 8.76. The zero-order chi connectivity index (χ0) is 15.5. The Hall–Kier alpha value is -1.86. The van der Waals surface area contributed by atoms with Crippen LogP contribution in [0, 0.1) is 0 Å². The van der Waals surface area contributed by atoms with Crippen molar-refractivity contribution in [3.05, 3.63) is 42.2 Å². The Morgan fingerprint density at radius 1 is 1.29 bits per heavy atom. The maximum atomic E-state index is 12.1. The number of hydrogen-bond donors (Lipinski definition) is 1. The lowest BCUT2D eigenvalue weighted by Gasteiger charge is -2.13. The number of aromatic nitrogens is 2. The second kappa shape index (κ2) is 6.28. The van der Waals surface area contributed by atoms with Gasteiger partial charge in [-0.2, -0.15) is 5.10 Å². The van der Waals surface area contributed by atoms with Gasteiger partial charge in [0.25, 0.3) is 0 Å². The van der Waals surface area contributed by atoms with Gasteiger partial charge in [-0.15, -0.1) is 0 Å². The maximum absolute atomic E-state index is 12.1. The highest BCUT2D eigenvalue weighted by Crippen LogP contribution is 2.18. The molecule has 1 aromatic carbocycles. The predicted molar refractivity (Wildman–Crippen MR) is 82.5 cm³/mol. The van der Waals surface area contributed by atoms with Gasteiger partial charge in [0.1, 0.15) is 0 Å². The summed E-state index contributed by atoms with van der Waals surface area (Å²) in [7, 11) is -0.362. The minimum Gasteiger partial charge on any atom is -0.379 e. The minimum atomic E-state index is -3.41. The van der Waals surface area contributed by atoms with E-state index in [0.29, 0.717) is 6.54 Å². The van der Waals surface area contributed by atoms with Crippen LogP contribution >= 0.6 is 0 Å². The minimum absolute atomic E-state index is 0.279. The molecule has 0 saturated carbocycles. The van der Waals surface area contributed by atoms with Gasteiger partial charge in [-0.1, -0.05) is 6.07 Å². The molecule has 0 saturated heterocycles. The van der Waals surface area contributed by atoms with Crippen LogP contribution in [0.15, 0.2) is 41.4 Å². The Morgan fingerprint density at radius 2 is 2.05 bits per heavy atom. The highest BCUT2D eigenvalue weighted by molar-refractivity contribution is 7.89. The van der Waals surface area contributed by atoms with Crippen LogP contribution in [0.5, 0.6) is 0 Å². The van der Waals surface area contributed by atoms with Gasteiger partial charge in [-0.25, -0.2) is 12.7 Å². The summed E-state index contributed by atoms with van der Waals surface area (Å²) in [5.41, 5.74) is 1.82. The number of sulfonamides is 1. The van der Waals surface area contributed by atoms with Crippen molar-refractivity contribution in [2.24, 2.45) is 0 Å². The van der Waals surface area contributed by atoms with Gasteiger partial charge in [0.05, 0.1) is 17.1 Å². The van der Waals surface area contributed by atoms with Gasteiger partial charge in [0, 0.05) is 32.5 Å². The predicted octanol–water partition coefficient (Wildman–Crippen LogP) is 1.77. The molecule has 6 nitrogen and oxygen atoms in total. The van der Waals surface area contributed by atoms with E-state index in [1.54, 1.807) is 24.4 Å². The summed E-state index contributed by atoms with van der Waals surface area (Å²) in [6.07, 6.45) is 1.76.